The molecule has 21 heavy (non-hydrogen) atoms. The van der Waals surface area contributed by atoms with Gasteiger partial charge in [-0.25, -0.2) is 0 Å². The molecule has 2 rings (SSSR count). The smallest absolute Gasteiger partial charge is 0.264 e. The third-order valence-corrected chi connectivity index (χ3v) is 4.49. The lowest BCUT2D eigenvalue weighted by Crippen LogP contribution is -2.35. The molecule has 114 valence electrons. The van der Waals surface area contributed by atoms with Crippen LogP contribution in [0, 0.1) is 18.8 Å². The highest BCUT2D eigenvalue weighted by molar-refractivity contribution is 7.14. The summed E-state index contributed by atoms with van der Waals surface area (Å²) in [6, 6.07) is 2.29. The number of hydrogen-bond acceptors (Lipinski definition) is 4. The largest absolute Gasteiger partial charge is 0.395 e. The van der Waals surface area contributed by atoms with Crippen LogP contribution in [0.1, 0.15) is 39.4 Å². The first-order valence-electron chi connectivity index (χ1n) is 7.17. The van der Waals surface area contributed by atoms with Crippen molar-refractivity contribution in [1.29, 1.82) is 0 Å². The molecule has 0 unspecified atom stereocenters. The molecule has 1 aliphatic carbocycles. The first-order chi connectivity index (χ1) is 10.2. The number of aliphatic hydroxyl groups is 1. The molecule has 1 aromatic heterocycles. The van der Waals surface area contributed by atoms with Gasteiger partial charge in [0.1, 0.15) is 0 Å². The summed E-state index contributed by atoms with van der Waals surface area (Å²) < 4.78 is 5.09. The van der Waals surface area contributed by atoms with Crippen molar-refractivity contribution >= 4 is 17.2 Å². The Hall–Kier alpha value is -1.35. The van der Waals surface area contributed by atoms with E-state index in [4.69, 9.17) is 9.84 Å². The van der Waals surface area contributed by atoms with E-state index in [0.29, 0.717) is 25.6 Å². The molecular weight excluding hydrogens is 286 g/mol. The molecule has 4 nitrogen and oxygen atoms in total. The average Bonchev–Trinajstić information content (AvgIpc) is 3.24. The van der Waals surface area contributed by atoms with Crippen molar-refractivity contribution in [3.8, 4) is 11.8 Å². The first-order valence-corrected chi connectivity index (χ1v) is 7.99. The molecule has 0 radical (unpaired) electrons. The van der Waals surface area contributed by atoms with Gasteiger partial charge in [-0.1, -0.05) is 11.8 Å². The maximum absolute atomic E-state index is 12.6. The van der Waals surface area contributed by atoms with Crippen LogP contribution < -0.4 is 0 Å². The van der Waals surface area contributed by atoms with Crippen molar-refractivity contribution in [3.63, 3.8) is 0 Å². The summed E-state index contributed by atoms with van der Waals surface area (Å²) in [6.45, 7) is 3.24. The van der Waals surface area contributed by atoms with Crippen molar-refractivity contribution < 1.29 is 14.6 Å². The first kappa shape index (κ1) is 16.0. The van der Waals surface area contributed by atoms with Crippen LogP contribution >= 0.6 is 11.3 Å². The Kier molecular flexibility index (Phi) is 5.80. The molecule has 1 fully saturated rings. The zero-order valence-corrected chi connectivity index (χ0v) is 13.3. The van der Waals surface area contributed by atoms with E-state index in [-0.39, 0.29) is 12.5 Å². The van der Waals surface area contributed by atoms with Crippen LogP contribution in [0.5, 0.6) is 0 Å². The van der Waals surface area contributed by atoms with Crippen molar-refractivity contribution in [3.05, 3.63) is 21.4 Å². The predicted octanol–water partition coefficient (Wildman–Crippen LogP) is 2.04. The summed E-state index contributed by atoms with van der Waals surface area (Å²) in [6.07, 6.45) is 2.63. The second kappa shape index (κ2) is 7.60. The summed E-state index contributed by atoms with van der Waals surface area (Å²) in [7, 11) is 1.65. The van der Waals surface area contributed by atoms with Gasteiger partial charge in [-0.05, 0) is 31.4 Å². The van der Waals surface area contributed by atoms with E-state index in [2.05, 4.69) is 11.8 Å². The standard InChI is InChI=1S/C16H21NO3S/c1-12-11-15(21-14(12)5-3-4-9-18)16(19)17(8-10-20-2)13-6-7-13/h11,13,18H,4,6-10H2,1-2H3. The van der Waals surface area contributed by atoms with E-state index < -0.39 is 0 Å². The summed E-state index contributed by atoms with van der Waals surface area (Å²) in [5.74, 6) is 6.02. The average molecular weight is 307 g/mol. The fraction of sp³-hybridized carbons (Fsp3) is 0.562. The molecule has 0 aromatic carbocycles. The van der Waals surface area contributed by atoms with Gasteiger partial charge >= 0.3 is 0 Å². The predicted molar refractivity (Wildman–Crippen MR) is 83.6 cm³/mol. The monoisotopic (exact) mass is 307 g/mol. The highest BCUT2D eigenvalue weighted by atomic mass is 32.1. The molecule has 0 aliphatic heterocycles. The highest BCUT2D eigenvalue weighted by Gasteiger charge is 2.33. The minimum absolute atomic E-state index is 0.0652. The maximum Gasteiger partial charge on any atom is 0.264 e. The Balaban J connectivity index is 2.11. The van der Waals surface area contributed by atoms with E-state index >= 15 is 0 Å². The van der Waals surface area contributed by atoms with Crippen molar-refractivity contribution in [2.24, 2.45) is 0 Å². The summed E-state index contributed by atoms with van der Waals surface area (Å²) in [5.41, 5.74) is 1.02. The normalized spacial score (nSPS) is 13.7. The van der Waals surface area contributed by atoms with Crippen molar-refractivity contribution in [1.82, 2.24) is 4.90 Å². The molecule has 0 atom stereocenters. The van der Waals surface area contributed by atoms with Gasteiger partial charge in [-0.2, -0.15) is 0 Å². The number of ether oxygens (including phenoxy) is 1. The summed E-state index contributed by atoms with van der Waals surface area (Å²) in [5, 5.41) is 8.76. The van der Waals surface area contributed by atoms with E-state index in [1.54, 1.807) is 7.11 Å². The fourth-order valence-corrected chi connectivity index (χ4v) is 3.08. The topological polar surface area (TPSA) is 49.8 Å². The molecule has 1 aromatic rings. The lowest BCUT2D eigenvalue weighted by atomic mass is 10.2. The van der Waals surface area contributed by atoms with Crippen LogP contribution in [0.15, 0.2) is 6.07 Å². The molecule has 0 bridgehead atoms. The van der Waals surface area contributed by atoms with Crippen molar-refractivity contribution in [2.45, 2.75) is 32.2 Å². The Labute approximate surface area is 129 Å². The van der Waals surface area contributed by atoms with Gasteiger partial charge in [0, 0.05) is 26.1 Å². The quantitative estimate of drug-likeness (QED) is 0.818. The van der Waals surface area contributed by atoms with Gasteiger partial charge in [0.15, 0.2) is 0 Å². The molecular formula is C16H21NO3S. The number of amides is 1. The summed E-state index contributed by atoms with van der Waals surface area (Å²) in [4.78, 5) is 16.2. The van der Waals surface area contributed by atoms with Crippen LogP contribution in [0.25, 0.3) is 0 Å². The van der Waals surface area contributed by atoms with E-state index in [9.17, 15) is 4.79 Å². The molecule has 0 saturated heterocycles. The zero-order chi connectivity index (χ0) is 15.2. The number of nitrogens with zero attached hydrogens (tertiary/aromatic N) is 1. The Morgan fingerprint density at radius 1 is 1.57 bits per heavy atom. The Morgan fingerprint density at radius 2 is 2.33 bits per heavy atom. The third kappa shape index (κ3) is 4.31. The Morgan fingerprint density at radius 3 is 2.95 bits per heavy atom. The molecule has 5 heteroatoms. The van der Waals surface area contributed by atoms with Crippen LogP contribution in [0.2, 0.25) is 0 Å². The van der Waals surface area contributed by atoms with E-state index in [1.807, 2.05) is 17.9 Å². The molecule has 1 amide bonds. The van der Waals surface area contributed by atoms with Gasteiger partial charge < -0.3 is 14.7 Å². The molecule has 1 N–H and O–H groups in total. The van der Waals surface area contributed by atoms with Crippen LogP contribution in [0.4, 0.5) is 0 Å². The van der Waals surface area contributed by atoms with Gasteiger partial charge in [-0.15, -0.1) is 11.3 Å². The SMILES string of the molecule is COCCN(C(=O)c1cc(C)c(C#CCCO)s1)C1CC1. The fourth-order valence-electron chi connectivity index (χ4n) is 2.08. The van der Waals surface area contributed by atoms with Gasteiger partial charge in [0.2, 0.25) is 0 Å². The van der Waals surface area contributed by atoms with Crippen LogP contribution in [0.3, 0.4) is 0 Å². The second-order valence-electron chi connectivity index (χ2n) is 5.12. The lowest BCUT2D eigenvalue weighted by Gasteiger charge is -2.21. The minimum atomic E-state index is 0.0652. The number of rotatable bonds is 6. The maximum atomic E-state index is 12.6. The number of hydrogen-bond donors (Lipinski definition) is 1. The van der Waals surface area contributed by atoms with E-state index in [0.717, 1.165) is 28.2 Å². The number of carbonyl (C=O) groups excluding carboxylic acids is 1. The van der Waals surface area contributed by atoms with Crippen LogP contribution in [-0.4, -0.2) is 48.8 Å². The van der Waals surface area contributed by atoms with Gasteiger partial charge in [0.05, 0.1) is 23.0 Å². The number of aliphatic hydroxyl groups excluding tert-OH is 1. The van der Waals surface area contributed by atoms with Gasteiger partial charge in [-0.3, -0.25) is 4.79 Å². The highest BCUT2D eigenvalue weighted by Crippen LogP contribution is 2.30. The minimum Gasteiger partial charge on any atom is -0.395 e. The molecule has 1 saturated carbocycles. The zero-order valence-electron chi connectivity index (χ0n) is 12.5. The lowest BCUT2D eigenvalue weighted by molar-refractivity contribution is 0.0685. The number of thiophene rings is 1. The summed E-state index contributed by atoms with van der Waals surface area (Å²) >= 11 is 1.44. The van der Waals surface area contributed by atoms with E-state index in [1.165, 1.54) is 11.3 Å². The molecule has 1 heterocycles. The second-order valence-corrected chi connectivity index (χ2v) is 6.17. The number of methoxy groups -OCH3 is 1. The number of carbonyl (C=O) groups is 1. The van der Waals surface area contributed by atoms with Gasteiger partial charge in [0.25, 0.3) is 5.91 Å². The Bertz CT molecular complexity index is 552. The third-order valence-electron chi connectivity index (χ3n) is 3.35. The molecule has 0 spiro atoms. The van der Waals surface area contributed by atoms with Crippen LogP contribution in [-0.2, 0) is 4.74 Å². The van der Waals surface area contributed by atoms with Crippen molar-refractivity contribution in [2.75, 3.05) is 26.9 Å². The molecule has 1 aliphatic rings. The number of aryl methyl sites for hydroxylation is 1.